The van der Waals surface area contributed by atoms with Crippen LogP contribution in [0.2, 0.25) is 0 Å². The maximum absolute atomic E-state index is 12.8. The SMILES string of the molecule is CCCCC(CC)COC(=O)C(C#N)=C(c1ccccc1)c1ccccc1.CCCCC(CC)COc1ccccc1C(=O)O. The van der Waals surface area contributed by atoms with Crippen molar-refractivity contribution in [1.82, 2.24) is 0 Å². The summed E-state index contributed by atoms with van der Waals surface area (Å²) in [4.78, 5) is 23.8. The normalized spacial score (nSPS) is 11.6. The number of esters is 1. The average molecular weight is 612 g/mol. The Bertz CT molecular complexity index is 1320. The predicted octanol–water partition coefficient (Wildman–Crippen LogP) is 9.75. The zero-order chi connectivity index (χ0) is 32.9. The largest absolute Gasteiger partial charge is 0.492 e. The van der Waals surface area contributed by atoms with Crippen LogP contribution in [0.25, 0.3) is 5.57 Å². The maximum Gasteiger partial charge on any atom is 0.349 e. The van der Waals surface area contributed by atoms with E-state index in [2.05, 4.69) is 33.8 Å². The number of carbonyl (C=O) groups is 2. The average Bonchev–Trinajstić information content (AvgIpc) is 3.08. The summed E-state index contributed by atoms with van der Waals surface area (Å²) in [5.74, 6) is -0.167. The third kappa shape index (κ3) is 12.6. The van der Waals surface area contributed by atoms with Gasteiger partial charge in [-0.05, 0) is 47.9 Å². The Morgan fingerprint density at radius 1 is 0.733 bits per heavy atom. The van der Waals surface area contributed by atoms with E-state index in [0.29, 0.717) is 36.4 Å². The quantitative estimate of drug-likeness (QED) is 0.0927. The number of carboxylic acid groups (broad SMARTS) is 1. The summed E-state index contributed by atoms with van der Waals surface area (Å²) >= 11 is 0. The van der Waals surface area contributed by atoms with Crippen molar-refractivity contribution in [2.75, 3.05) is 13.2 Å². The zero-order valence-electron chi connectivity index (χ0n) is 27.3. The van der Waals surface area contributed by atoms with Crippen molar-refractivity contribution in [2.45, 2.75) is 79.1 Å². The number of hydrogen-bond acceptors (Lipinski definition) is 5. The van der Waals surface area contributed by atoms with Gasteiger partial charge < -0.3 is 14.6 Å². The van der Waals surface area contributed by atoms with Crippen LogP contribution in [0.3, 0.4) is 0 Å². The van der Waals surface area contributed by atoms with Gasteiger partial charge in [-0.1, -0.05) is 139 Å². The first kappa shape index (κ1) is 36.8. The summed E-state index contributed by atoms with van der Waals surface area (Å²) in [6.07, 6.45) is 8.83. The summed E-state index contributed by atoms with van der Waals surface area (Å²) in [6, 6.07) is 27.9. The van der Waals surface area contributed by atoms with Gasteiger partial charge in [0.25, 0.3) is 0 Å². The number of nitrogens with zero attached hydrogens (tertiary/aromatic N) is 1. The first-order valence-electron chi connectivity index (χ1n) is 16.3. The van der Waals surface area contributed by atoms with Crippen molar-refractivity contribution < 1.29 is 24.2 Å². The van der Waals surface area contributed by atoms with Crippen molar-refractivity contribution in [1.29, 1.82) is 5.26 Å². The minimum absolute atomic E-state index is 0.0535. The van der Waals surface area contributed by atoms with E-state index in [1.807, 2.05) is 60.7 Å². The summed E-state index contributed by atoms with van der Waals surface area (Å²) in [7, 11) is 0. The zero-order valence-corrected chi connectivity index (χ0v) is 27.3. The van der Waals surface area contributed by atoms with E-state index in [-0.39, 0.29) is 11.1 Å². The molecule has 0 radical (unpaired) electrons. The molecular formula is C39H49NO5. The van der Waals surface area contributed by atoms with Crippen LogP contribution < -0.4 is 4.74 Å². The Morgan fingerprint density at radius 2 is 1.22 bits per heavy atom. The van der Waals surface area contributed by atoms with Crippen LogP contribution in [-0.2, 0) is 9.53 Å². The number of benzene rings is 3. The minimum Gasteiger partial charge on any atom is -0.492 e. The fourth-order valence-electron chi connectivity index (χ4n) is 4.91. The van der Waals surface area contributed by atoms with E-state index in [0.717, 1.165) is 49.7 Å². The van der Waals surface area contributed by atoms with Crippen molar-refractivity contribution >= 4 is 17.5 Å². The van der Waals surface area contributed by atoms with Crippen LogP contribution in [0.5, 0.6) is 5.75 Å². The molecule has 0 heterocycles. The lowest BCUT2D eigenvalue weighted by molar-refractivity contribution is -0.139. The molecule has 3 aromatic carbocycles. The van der Waals surface area contributed by atoms with Crippen LogP contribution in [0.4, 0.5) is 0 Å². The van der Waals surface area contributed by atoms with Crippen LogP contribution in [0.15, 0.2) is 90.5 Å². The molecule has 2 atom stereocenters. The Kier molecular flexibility index (Phi) is 17.5. The van der Waals surface area contributed by atoms with Crippen molar-refractivity contribution in [2.24, 2.45) is 11.8 Å². The standard InChI is InChI=1S/C24H27NO2.C15H22O3/c1-3-5-12-19(4-2)18-27-24(26)22(17-25)23(20-13-8-6-9-14-20)21-15-10-7-11-16-21;1-3-5-8-12(4-2)11-18-14-10-7-6-9-13(14)15(16)17/h6-11,13-16,19H,3-5,12,18H2,1-2H3;6-7,9-10,12H,3-5,8,11H2,1-2H3,(H,16,17). The van der Waals surface area contributed by atoms with Gasteiger partial charge in [0.2, 0.25) is 0 Å². The Balaban J connectivity index is 0.000000341. The molecule has 0 amide bonds. The first-order chi connectivity index (χ1) is 21.9. The minimum atomic E-state index is -0.938. The molecule has 3 rings (SSSR count). The lowest BCUT2D eigenvalue weighted by atomic mass is 9.93. The summed E-state index contributed by atoms with van der Waals surface area (Å²) in [6.45, 7) is 9.54. The molecule has 6 nitrogen and oxygen atoms in total. The third-order valence-corrected chi connectivity index (χ3v) is 7.82. The lowest BCUT2D eigenvalue weighted by Crippen LogP contribution is -2.16. The summed E-state index contributed by atoms with van der Waals surface area (Å²) < 4.78 is 11.2. The number of carboxylic acids is 1. The Morgan fingerprint density at radius 3 is 1.69 bits per heavy atom. The number of unbranched alkanes of at least 4 members (excludes halogenated alkanes) is 2. The van der Waals surface area contributed by atoms with Gasteiger partial charge in [0.1, 0.15) is 23.0 Å². The van der Waals surface area contributed by atoms with Crippen LogP contribution in [0, 0.1) is 23.2 Å². The fourth-order valence-corrected chi connectivity index (χ4v) is 4.91. The van der Waals surface area contributed by atoms with Crippen molar-refractivity contribution in [3.8, 4) is 11.8 Å². The van der Waals surface area contributed by atoms with Crippen LogP contribution in [-0.4, -0.2) is 30.3 Å². The van der Waals surface area contributed by atoms with Gasteiger partial charge in [-0.15, -0.1) is 0 Å². The van der Waals surface area contributed by atoms with Crippen LogP contribution >= 0.6 is 0 Å². The number of hydrogen-bond donors (Lipinski definition) is 1. The fraction of sp³-hybridized carbons (Fsp3) is 0.410. The number of rotatable bonds is 17. The van der Waals surface area contributed by atoms with E-state index >= 15 is 0 Å². The van der Waals surface area contributed by atoms with E-state index in [1.165, 1.54) is 12.8 Å². The molecule has 0 aliphatic rings. The van der Waals surface area contributed by atoms with E-state index in [9.17, 15) is 14.9 Å². The smallest absolute Gasteiger partial charge is 0.349 e. The second-order valence-electron chi connectivity index (χ2n) is 11.1. The molecule has 45 heavy (non-hydrogen) atoms. The molecule has 0 saturated heterocycles. The molecule has 0 aromatic heterocycles. The highest BCUT2D eigenvalue weighted by molar-refractivity contribution is 6.05. The third-order valence-electron chi connectivity index (χ3n) is 7.82. The van der Waals surface area contributed by atoms with Crippen molar-refractivity contribution in [3.63, 3.8) is 0 Å². The molecule has 3 aromatic rings. The molecule has 0 aliphatic heterocycles. The van der Waals surface area contributed by atoms with E-state index < -0.39 is 11.9 Å². The van der Waals surface area contributed by atoms with Gasteiger partial charge in [-0.3, -0.25) is 0 Å². The molecule has 2 unspecified atom stereocenters. The lowest BCUT2D eigenvalue weighted by Gasteiger charge is -2.16. The number of nitriles is 1. The first-order valence-corrected chi connectivity index (χ1v) is 16.3. The molecular weight excluding hydrogens is 562 g/mol. The monoisotopic (exact) mass is 611 g/mol. The van der Waals surface area contributed by atoms with Gasteiger partial charge in [0, 0.05) is 5.57 Å². The number of carbonyl (C=O) groups excluding carboxylic acids is 1. The van der Waals surface area contributed by atoms with Crippen LogP contribution in [0.1, 0.15) is 101 Å². The van der Waals surface area contributed by atoms with Gasteiger partial charge >= 0.3 is 11.9 Å². The molecule has 0 fully saturated rings. The summed E-state index contributed by atoms with van der Waals surface area (Å²) in [5.41, 5.74) is 2.57. The molecule has 240 valence electrons. The molecule has 6 heteroatoms. The molecule has 0 saturated carbocycles. The second-order valence-corrected chi connectivity index (χ2v) is 11.1. The van der Waals surface area contributed by atoms with Gasteiger partial charge in [0.15, 0.2) is 0 Å². The highest BCUT2D eigenvalue weighted by atomic mass is 16.5. The second kappa shape index (κ2) is 21.4. The molecule has 0 aliphatic carbocycles. The molecule has 0 bridgehead atoms. The number of ether oxygens (including phenoxy) is 2. The predicted molar refractivity (Wildman–Crippen MR) is 181 cm³/mol. The van der Waals surface area contributed by atoms with Gasteiger partial charge in [0.05, 0.1) is 13.2 Å². The topological polar surface area (TPSA) is 96.6 Å². The Hall–Kier alpha value is -4.37. The van der Waals surface area contributed by atoms with Crippen molar-refractivity contribution in [3.05, 3.63) is 107 Å². The molecule has 1 N–H and O–H groups in total. The van der Waals surface area contributed by atoms with Gasteiger partial charge in [-0.25, -0.2) is 9.59 Å². The highest BCUT2D eigenvalue weighted by Gasteiger charge is 2.21. The maximum atomic E-state index is 12.8. The van der Waals surface area contributed by atoms with E-state index in [4.69, 9.17) is 14.6 Å². The van der Waals surface area contributed by atoms with Gasteiger partial charge in [-0.2, -0.15) is 5.26 Å². The number of aromatic carboxylic acids is 1. The number of para-hydroxylation sites is 1. The Labute approximate surface area is 269 Å². The summed E-state index contributed by atoms with van der Waals surface area (Å²) in [5, 5.41) is 18.8. The molecule has 0 spiro atoms. The van der Waals surface area contributed by atoms with E-state index in [1.54, 1.807) is 24.3 Å². The highest BCUT2D eigenvalue weighted by Crippen LogP contribution is 2.28.